The lowest BCUT2D eigenvalue weighted by Gasteiger charge is -2.09. The Hall–Kier alpha value is -2.60. The van der Waals surface area contributed by atoms with Crippen molar-refractivity contribution >= 4 is 35.4 Å². The summed E-state index contributed by atoms with van der Waals surface area (Å²) < 4.78 is 0. The van der Waals surface area contributed by atoms with Crippen LogP contribution in [0.15, 0.2) is 36.4 Å². The van der Waals surface area contributed by atoms with Gasteiger partial charge in [-0.05, 0) is 37.6 Å². The normalized spacial score (nSPS) is 10.7. The van der Waals surface area contributed by atoms with Crippen molar-refractivity contribution in [3.8, 4) is 0 Å². The summed E-state index contributed by atoms with van der Waals surface area (Å²) in [5, 5.41) is 9.73. The highest BCUT2D eigenvalue weighted by atomic mass is 35.5. The zero-order chi connectivity index (χ0) is 18.1. The van der Waals surface area contributed by atoms with Crippen LogP contribution in [0, 0.1) is 6.92 Å². The summed E-state index contributed by atoms with van der Waals surface area (Å²) in [5.41, 5.74) is 1.80. The molecule has 3 N–H and O–H groups in total. The fraction of sp³-hybridized carbons (Fsp3) is 0.278. The number of anilines is 2. The molecule has 0 spiro atoms. The van der Waals surface area contributed by atoms with Crippen LogP contribution < -0.4 is 16.0 Å². The van der Waals surface area contributed by atoms with Crippen LogP contribution in [0.4, 0.5) is 11.8 Å². The highest BCUT2D eigenvalue weighted by Crippen LogP contribution is 2.10. The van der Waals surface area contributed by atoms with Crippen molar-refractivity contribution in [1.82, 2.24) is 15.3 Å². The Morgan fingerprint density at radius 3 is 2.64 bits per heavy atom. The zero-order valence-corrected chi connectivity index (χ0v) is 15.1. The Morgan fingerprint density at radius 1 is 1.16 bits per heavy atom. The highest BCUT2D eigenvalue weighted by molar-refractivity contribution is 6.30. The first-order valence-corrected chi connectivity index (χ1v) is 8.49. The van der Waals surface area contributed by atoms with E-state index in [1.165, 1.54) is 6.08 Å². The van der Waals surface area contributed by atoms with E-state index in [2.05, 4.69) is 25.9 Å². The van der Waals surface area contributed by atoms with Gasteiger partial charge in [-0.3, -0.25) is 4.79 Å². The molecule has 0 aliphatic heterocycles. The van der Waals surface area contributed by atoms with Gasteiger partial charge < -0.3 is 16.0 Å². The van der Waals surface area contributed by atoms with Gasteiger partial charge in [-0.1, -0.05) is 23.7 Å². The second kappa shape index (κ2) is 9.64. The molecule has 7 heteroatoms. The Morgan fingerprint density at radius 2 is 1.92 bits per heavy atom. The average molecular weight is 360 g/mol. The summed E-state index contributed by atoms with van der Waals surface area (Å²) in [5.74, 6) is 1.17. The van der Waals surface area contributed by atoms with E-state index in [1.807, 2.05) is 32.0 Å². The summed E-state index contributed by atoms with van der Waals surface area (Å²) in [4.78, 5) is 20.5. The summed E-state index contributed by atoms with van der Waals surface area (Å²) >= 11 is 5.82. The van der Waals surface area contributed by atoms with E-state index in [4.69, 9.17) is 11.6 Å². The molecule has 0 unspecified atom stereocenters. The minimum absolute atomic E-state index is 0.157. The molecule has 25 heavy (non-hydrogen) atoms. The van der Waals surface area contributed by atoms with Crippen LogP contribution in [-0.4, -0.2) is 35.5 Å². The molecule has 1 amide bonds. The molecule has 1 heterocycles. The van der Waals surface area contributed by atoms with Crippen LogP contribution in [0.5, 0.6) is 0 Å². The molecule has 0 radical (unpaired) electrons. The minimum atomic E-state index is -0.157. The number of rotatable bonds is 8. The fourth-order valence-electron chi connectivity index (χ4n) is 2.08. The average Bonchev–Trinajstić information content (AvgIpc) is 2.58. The molecule has 0 bridgehead atoms. The van der Waals surface area contributed by atoms with Crippen molar-refractivity contribution in [2.45, 2.75) is 13.8 Å². The molecule has 0 saturated heterocycles. The summed E-state index contributed by atoms with van der Waals surface area (Å²) in [6.45, 7) is 5.73. The van der Waals surface area contributed by atoms with Crippen LogP contribution in [-0.2, 0) is 4.79 Å². The number of aromatic nitrogens is 2. The van der Waals surface area contributed by atoms with Gasteiger partial charge in [-0.15, -0.1) is 0 Å². The Bertz CT molecular complexity index is 731. The van der Waals surface area contributed by atoms with Gasteiger partial charge in [0.15, 0.2) is 0 Å². The third kappa shape index (κ3) is 6.81. The van der Waals surface area contributed by atoms with Crippen LogP contribution in [0.1, 0.15) is 18.2 Å². The second-order valence-corrected chi connectivity index (χ2v) is 5.79. The SMILES string of the molecule is CCNc1cc(C)nc(NCCNC(=O)/C=C/c2ccc(Cl)cc2)n1. The summed E-state index contributed by atoms with van der Waals surface area (Å²) in [6, 6.07) is 9.16. The quantitative estimate of drug-likeness (QED) is 0.498. The number of benzene rings is 1. The number of hydrogen-bond donors (Lipinski definition) is 3. The van der Waals surface area contributed by atoms with Crippen molar-refractivity contribution in [1.29, 1.82) is 0 Å². The van der Waals surface area contributed by atoms with Gasteiger partial charge in [0.25, 0.3) is 0 Å². The predicted octanol–water partition coefficient (Wildman–Crippen LogP) is 3.11. The van der Waals surface area contributed by atoms with Gasteiger partial charge in [0, 0.05) is 42.5 Å². The maximum Gasteiger partial charge on any atom is 0.244 e. The van der Waals surface area contributed by atoms with Crippen LogP contribution in [0.2, 0.25) is 5.02 Å². The van der Waals surface area contributed by atoms with Crippen molar-refractivity contribution in [2.24, 2.45) is 0 Å². The van der Waals surface area contributed by atoms with E-state index in [9.17, 15) is 4.79 Å². The third-order valence-electron chi connectivity index (χ3n) is 3.22. The maximum atomic E-state index is 11.8. The Balaban J connectivity index is 1.75. The van der Waals surface area contributed by atoms with Crippen molar-refractivity contribution < 1.29 is 4.79 Å². The molecule has 6 nitrogen and oxygen atoms in total. The molecule has 0 saturated carbocycles. The molecular formula is C18H22ClN5O. The number of carbonyl (C=O) groups is 1. The number of carbonyl (C=O) groups excluding carboxylic acids is 1. The number of hydrogen-bond acceptors (Lipinski definition) is 5. The van der Waals surface area contributed by atoms with Gasteiger partial charge in [0.05, 0.1) is 0 Å². The van der Waals surface area contributed by atoms with E-state index in [1.54, 1.807) is 18.2 Å². The van der Waals surface area contributed by atoms with E-state index in [-0.39, 0.29) is 5.91 Å². The number of amides is 1. The molecule has 2 rings (SSSR count). The van der Waals surface area contributed by atoms with E-state index >= 15 is 0 Å². The van der Waals surface area contributed by atoms with Gasteiger partial charge in [-0.25, -0.2) is 4.98 Å². The van der Waals surface area contributed by atoms with E-state index in [0.717, 1.165) is 23.6 Å². The Labute approximate surface area is 152 Å². The van der Waals surface area contributed by atoms with Gasteiger partial charge in [0.1, 0.15) is 5.82 Å². The van der Waals surface area contributed by atoms with Gasteiger partial charge >= 0.3 is 0 Å². The lowest BCUT2D eigenvalue weighted by atomic mass is 10.2. The van der Waals surface area contributed by atoms with Crippen LogP contribution in [0.3, 0.4) is 0 Å². The molecule has 1 aromatic carbocycles. The van der Waals surface area contributed by atoms with Gasteiger partial charge in [0.2, 0.25) is 11.9 Å². The number of aryl methyl sites for hydroxylation is 1. The maximum absolute atomic E-state index is 11.8. The largest absolute Gasteiger partial charge is 0.370 e. The second-order valence-electron chi connectivity index (χ2n) is 5.35. The number of nitrogens with one attached hydrogen (secondary N) is 3. The van der Waals surface area contributed by atoms with Crippen molar-refractivity contribution in [3.63, 3.8) is 0 Å². The molecular weight excluding hydrogens is 338 g/mol. The minimum Gasteiger partial charge on any atom is -0.370 e. The lowest BCUT2D eigenvalue weighted by Crippen LogP contribution is -2.27. The standard InChI is InChI=1S/C18H22ClN5O/c1-3-20-16-12-13(2)23-18(24-16)22-11-10-21-17(25)9-6-14-4-7-15(19)8-5-14/h4-9,12H,3,10-11H2,1-2H3,(H,21,25)(H2,20,22,23,24)/b9-6+. The topological polar surface area (TPSA) is 78.9 Å². The third-order valence-corrected chi connectivity index (χ3v) is 3.47. The number of nitrogens with zero attached hydrogens (tertiary/aromatic N) is 2. The summed E-state index contributed by atoms with van der Waals surface area (Å²) in [6.07, 6.45) is 3.24. The smallest absolute Gasteiger partial charge is 0.244 e. The Kier molecular flexibility index (Phi) is 7.22. The predicted molar refractivity (Wildman–Crippen MR) is 103 cm³/mol. The monoisotopic (exact) mass is 359 g/mol. The van der Waals surface area contributed by atoms with Gasteiger partial charge in [-0.2, -0.15) is 4.98 Å². The van der Waals surface area contributed by atoms with Crippen LogP contribution >= 0.6 is 11.6 Å². The number of halogens is 1. The van der Waals surface area contributed by atoms with E-state index < -0.39 is 0 Å². The molecule has 132 valence electrons. The zero-order valence-electron chi connectivity index (χ0n) is 14.3. The molecule has 0 aliphatic rings. The molecule has 0 aliphatic carbocycles. The van der Waals surface area contributed by atoms with Crippen molar-refractivity contribution in [3.05, 3.63) is 52.7 Å². The molecule has 0 atom stereocenters. The highest BCUT2D eigenvalue weighted by Gasteiger charge is 2.01. The van der Waals surface area contributed by atoms with E-state index in [0.29, 0.717) is 24.1 Å². The fourth-order valence-corrected chi connectivity index (χ4v) is 2.21. The van der Waals surface area contributed by atoms with Crippen LogP contribution in [0.25, 0.3) is 6.08 Å². The van der Waals surface area contributed by atoms with Crippen molar-refractivity contribution in [2.75, 3.05) is 30.3 Å². The first-order valence-electron chi connectivity index (χ1n) is 8.11. The first-order chi connectivity index (χ1) is 12.1. The lowest BCUT2D eigenvalue weighted by molar-refractivity contribution is -0.116. The molecule has 2 aromatic rings. The molecule has 1 aromatic heterocycles. The molecule has 0 fully saturated rings. The first kappa shape index (κ1) is 18.7. The summed E-state index contributed by atoms with van der Waals surface area (Å²) in [7, 11) is 0.